The van der Waals surface area contributed by atoms with Crippen molar-refractivity contribution in [1.29, 1.82) is 0 Å². The summed E-state index contributed by atoms with van der Waals surface area (Å²) < 4.78 is 36.8. The highest BCUT2D eigenvalue weighted by Crippen LogP contribution is 2.20. The van der Waals surface area contributed by atoms with Gasteiger partial charge in [0.1, 0.15) is 0 Å². The highest BCUT2D eigenvalue weighted by atomic mass is 19.3. The van der Waals surface area contributed by atoms with Crippen LogP contribution < -0.4 is 5.32 Å². The summed E-state index contributed by atoms with van der Waals surface area (Å²) >= 11 is 0. The summed E-state index contributed by atoms with van der Waals surface area (Å²) in [4.78, 5) is 0. The van der Waals surface area contributed by atoms with Crippen LogP contribution in [-0.2, 0) is 0 Å². The Labute approximate surface area is 62.7 Å². The van der Waals surface area contributed by atoms with Crippen molar-refractivity contribution in [2.45, 2.75) is 12.2 Å². The van der Waals surface area contributed by atoms with E-state index in [0.717, 1.165) is 0 Å². The van der Waals surface area contributed by atoms with Gasteiger partial charge in [0.15, 0.2) is 0 Å². The fourth-order valence-corrected chi connectivity index (χ4v) is 0.431. The van der Waals surface area contributed by atoms with Gasteiger partial charge in [-0.1, -0.05) is 6.58 Å². The van der Waals surface area contributed by atoms with Gasteiger partial charge in [-0.3, -0.25) is 5.32 Å². The van der Waals surface area contributed by atoms with Crippen LogP contribution in [-0.4, -0.2) is 30.5 Å². The number of hydrogen-bond acceptors (Lipinski definition) is 2. The third kappa shape index (κ3) is 3.38. The highest BCUT2D eigenvalue weighted by Gasteiger charge is 2.35. The zero-order valence-electron chi connectivity index (χ0n) is 5.86. The van der Waals surface area contributed by atoms with Crippen molar-refractivity contribution >= 4 is 0 Å². The Morgan fingerprint density at radius 3 is 2.55 bits per heavy atom. The Bertz CT molecular complexity index is 129. The van der Waals surface area contributed by atoms with Crippen LogP contribution in [0, 0.1) is 0 Å². The molecule has 0 aromatic heterocycles. The van der Waals surface area contributed by atoms with Crippen molar-refractivity contribution in [2.24, 2.45) is 0 Å². The van der Waals surface area contributed by atoms with Crippen LogP contribution in [0.25, 0.3) is 0 Å². The molecule has 2 N–H and O–H groups in total. The average molecular weight is 169 g/mol. The molecule has 0 bridgehead atoms. The average Bonchev–Trinajstić information content (AvgIpc) is 2.00. The van der Waals surface area contributed by atoms with Gasteiger partial charge < -0.3 is 5.11 Å². The molecule has 1 unspecified atom stereocenters. The molecule has 0 amide bonds. The molecular formula is C6H10F3NO. The Hall–Kier alpha value is -0.550. The SMILES string of the molecule is C=CC(F)(F)C(F)NCCO. The zero-order chi connectivity index (χ0) is 8.91. The van der Waals surface area contributed by atoms with E-state index in [9.17, 15) is 13.2 Å². The summed E-state index contributed by atoms with van der Waals surface area (Å²) in [7, 11) is 0. The van der Waals surface area contributed by atoms with Crippen LogP contribution >= 0.6 is 0 Å². The second kappa shape index (κ2) is 4.35. The summed E-state index contributed by atoms with van der Waals surface area (Å²) in [5.41, 5.74) is 0. The Morgan fingerprint density at radius 1 is 1.64 bits per heavy atom. The van der Waals surface area contributed by atoms with E-state index in [4.69, 9.17) is 5.11 Å². The molecule has 66 valence electrons. The lowest BCUT2D eigenvalue weighted by Crippen LogP contribution is -2.41. The first-order valence-corrected chi connectivity index (χ1v) is 3.04. The first kappa shape index (κ1) is 10.4. The van der Waals surface area contributed by atoms with E-state index in [1.54, 1.807) is 5.32 Å². The first-order valence-electron chi connectivity index (χ1n) is 3.04. The first-order chi connectivity index (χ1) is 5.04. The minimum atomic E-state index is -3.57. The lowest BCUT2D eigenvalue weighted by atomic mass is 10.3. The monoisotopic (exact) mass is 169 g/mol. The molecule has 0 heterocycles. The Morgan fingerprint density at radius 2 is 2.18 bits per heavy atom. The maximum absolute atomic E-state index is 12.3. The molecule has 0 saturated carbocycles. The van der Waals surface area contributed by atoms with Crippen LogP contribution in [0.15, 0.2) is 12.7 Å². The Balaban J connectivity index is 3.80. The number of halogens is 3. The van der Waals surface area contributed by atoms with E-state index in [1.165, 1.54) is 0 Å². The molecule has 11 heavy (non-hydrogen) atoms. The van der Waals surface area contributed by atoms with Gasteiger partial charge in [0, 0.05) is 6.54 Å². The van der Waals surface area contributed by atoms with Crippen molar-refractivity contribution in [3.05, 3.63) is 12.7 Å². The number of rotatable bonds is 5. The highest BCUT2D eigenvalue weighted by molar-refractivity contribution is 4.91. The quantitative estimate of drug-likeness (QED) is 0.468. The van der Waals surface area contributed by atoms with Crippen LogP contribution in [0.4, 0.5) is 13.2 Å². The van der Waals surface area contributed by atoms with Gasteiger partial charge in [0.25, 0.3) is 0 Å². The van der Waals surface area contributed by atoms with E-state index >= 15 is 0 Å². The van der Waals surface area contributed by atoms with Gasteiger partial charge in [-0.15, -0.1) is 0 Å². The molecule has 0 aromatic rings. The van der Waals surface area contributed by atoms with Gasteiger partial charge in [-0.05, 0) is 6.08 Å². The maximum Gasteiger partial charge on any atom is 0.309 e. The second-order valence-corrected chi connectivity index (χ2v) is 1.92. The van der Waals surface area contributed by atoms with Gasteiger partial charge in [-0.25, -0.2) is 4.39 Å². The standard InChI is InChI=1S/C6H10F3NO/c1-2-6(8,9)5(7)10-3-4-11/h2,5,10-11H,1,3-4H2. The van der Waals surface area contributed by atoms with Gasteiger partial charge >= 0.3 is 5.92 Å². The van der Waals surface area contributed by atoms with Crippen molar-refractivity contribution in [1.82, 2.24) is 5.32 Å². The largest absolute Gasteiger partial charge is 0.395 e. The van der Waals surface area contributed by atoms with E-state index < -0.39 is 12.2 Å². The number of hydrogen-bond donors (Lipinski definition) is 2. The number of nitrogens with one attached hydrogen (secondary N) is 1. The summed E-state index contributed by atoms with van der Waals surface area (Å²) in [6.45, 7) is 2.18. The molecule has 0 saturated heterocycles. The van der Waals surface area contributed by atoms with E-state index in [0.29, 0.717) is 0 Å². The molecule has 0 aliphatic rings. The fourth-order valence-electron chi connectivity index (χ4n) is 0.431. The fraction of sp³-hybridized carbons (Fsp3) is 0.667. The molecular weight excluding hydrogens is 159 g/mol. The third-order valence-electron chi connectivity index (χ3n) is 1.05. The molecule has 0 aromatic carbocycles. The second-order valence-electron chi connectivity index (χ2n) is 1.92. The molecule has 0 radical (unpaired) electrons. The number of aliphatic hydroxyl groups is 1. The van der Waals surface area contributed by atoms with Gasteiger partial charge in [0.05, 0.1) is 6.61 Å². The lowest BCUT2D eigenvalue weighted by Gasteiger charge is -2.16. The van der Waals surface area contributed by atoms with Crippen LogP contribution in [0.1, 0.15) is 0 Å². The van der Waals surface area contributed by atoms with E-state index in [-0.39, 0.29) is 19.2 Å². The van der Waals surface area contributed by atoms with Crippen LogP contribution in [0.2, 0.25) is 0 Å². The van der Waals surface area contributed by atoms with Gasteiger partial charge in [0.2, 0.25) is 6.30 Å². The predicted octanol–water partition coefficient (Wildman–Crippen LogP) is 0.685. The topological polar surface area (TPSA) is 32.3 Å². The third-order valence-corrected chi connectivity index (χ3v) is 1.05. The van der Waals surface area contributed by atoms with Crippen molar-refractivity contribution in [3.63, 3.8) is 0 Å². The molecule has 0 rings (SSSR count). The molecule has 2 nitrogen and oxygen atoms in total. The molecule has 5 heteroatoms. The molecule has 0 aliphatic heterocycles. The molecule has 1 atom stereocenters. The summed E-state index contributed by atoms with van der Waals surface area (Å²) in [6, 6.07) is 0. The summed E-state index contributed by atoms with van der Waals surface area (Å²) in [5, 5.41) is 9.94. The summed E-state index contributed by atoms with van der Waals surface area (Å²) in [5.74, 6) is -3.57. The zero-order valence-corrected chi connectivity index (χ0v) is 5.86. The minimum absolute atomic E-state index is 0.204. The number of aliphatic hydroxyl groups excluding tert-OH is 1. The van der Waals surface area contributed by atoms with Crippen LogP contribution in [0.3, 0.4) is 0 Å². The summed E-state index contributed by atoms with van der Waals surface area (Å²) in [6.07, 6.45) is -2.26. The van der Waals surface area contributed by atoms with Gasteiger partial charge in [-0.2, -0.15) is 8.78 Å². The van der Waals surface area contributed by atoms with Crippen molar-refractivity contribution in [3.8, 4) is 0 Å². The molecule has 0 spiro atoms. The molecule has 0 aliphatic carbocycles. The Kier molecular flexibility index (Phi) is 4.14. The minimum Gasteiger partial charge on any atom is -0.395 e. The lowest BCUT2D eigenvalue weighted by molar-refractivity contribution is -0.0431. The van der Waals surface area contributed by atoms with Crippen molar-refractivity contribution < 1.29 is 18.3 Å². The van der Waals surface area contributed by atoms with Crippen molar-refractivity contribution in [2.75, 3.05) is 13.2 Å². The van der Waals surface area contributed by atoms with Crippen LogP contribution in [0.5, 0.6) is 0 Å². The smallest absolute Gasteiger partial charge is 0.309 e. The normalized spacial score (nSPS) is 14.5. The maximum atomic E-state index is 12.3. The molecule has 0 fully saturated rings. The number of alkyl halides is 3. The predicted molar refractivity (Wildman–Crippen MR) is 35.1 cm³/mol. The van der Waals surface area contributed by atoms with E-state index in [1.807, 2.05) is 0 Å². The van der Waals surface area contributed by atoms with E-state index in [2.05, 4.69) is 6.58 Å².